The van der Waals surface area contributed by atoms with Crippen LogP contribution in [0.4, 0.5) is 5.69 Å². The Morgan fingerprint density at radius 1 is 0.935 bits per heavy atom. The van der Waals surface area contributed by atoms with Gasteiger partial charge in [-0.15, -0.1) is 0 Å². The van der Waals surface area contributed by atoms with Crippen LogP contribution >= 0.6 is 0 Å². The second-order valence-electron chi connectivity index (χ2n) is 7.64. The molecule has 1 fully saturated rings. The van der Waals surface area contributed by atoms with Gasteiger partial charge < -0.3 is 9.64 Å². The molecule has 2 aromatic carbocycles. The second-order valence-corrected chi connectivity index (χ2v) is 7.64. The monoisotopic (exact) mass is 424 g/mol. The van der Waals surface area contributed by atoms with Gasteiger partial charge in [0.15, 0.2) is 0 Å². The number of rotatable bonds is 9. The Labute approximate surface area is 184 Å². The number of hydrazine groups is 1. The lowest BCUT2D eigenvalue weighted by Gasteiger charge is -2.36. The summed E-state index contributed by atoms with van der Waals surface area (Å²) in [6.07, 6.45) is 2.41. The molecule has 31 heavy (non-hydrogen) atoms. The number of nitrogens with zero attached hydrogens (tertiary/aromatic N) is 2. The third-order valence-electron chi connectivity index (χ3n) is 5.35. The van der Waals surface area contributed by atoms with Gasteiger partial charge in [-0.25, -0.2) is 0 Å². The number of hydrogen-bond acceptors (Lipinski definition) is 5. The van der Waals surface area contributed by atoms with Gasteiger partial charge in [-0.2, -0.15) is 0 Å². The SMILES string of the molecule is CCCCOc1ccc(C(=O)NNC(=O)CCN2CCN(c3ccccc3)CC2)cc1. The van der Waals surface area contributed by atoms with Crippen LogP contribution in [0.15, 0.2) is 54.6 Å². The zero-order chi connectivity index (χ0) is 21.9. The third kappa shape index (κ3) is 7.29. The van der Waals surface area contributed by atoms with E-state index >= 15 is 0 Å². The summed E-state index contributed by atoms with van der Waals surface area (Å²) in [4.78, 5) is 29.0. The Kier molecular flexibility index (Phi) is 8.72. The summed E-state index contributed by atoms with van der Waals surface area (Å²) in [6.45, 7) is 7.17. The van der Waals surface area contributed by atoms with E-state index < -0.39 is 0 Å². The number of anilines is 1. The molecule has 7 nitrogen and oxygen atoms in total. The van der Waals surface area contributed by atoms with Crippen molar-refractivity contribution >= 4 is 17.5 Å². The summed E-state index contributed by atoms with van der Waals surface area (Å²) >= 11 is 0. The first-order valence-electron chi connectivity index (χ1n) is 11.0. The molecule has 1 saturated heterocycles. The Morgan fingerprint density at radius 2 is 1.65 bits per heavy atom. The predicted octanol–water partition coefficient (Wildman–Crippen LogP) is 2.84. The fourth-order valence-corrected chi connectivity index (χ4v) is 3.43. The molecule has 0 unspecified atom stereocenters. The highest BCUT2D eigenvalue weighted by Gasteiger charge is 2.17. The minimum atomic E-state index is -0.343. The molecule has 0 saturated carbocycles. The van der Waals surface area contributed by atoms with E-state index in [1.54, 1.807) is 24.3 Å². The Bertz CT molecular complexity index is 818. The highest BCUT2D eigenvalue weighted by molar-refractivity contribution is 5.95. The molecule has 0 aromatic heterocycles. The van der Waals surface area contributed by atoms with Crippen LogP contribution in [0.1, 0.15) is 36.5 Å². The first-order valence-corrected chi connectivity index (χ1v) is 11.0. The Morgan fingerprint density at radius 3 is 2.32 bits per heavy atom. The predicted molar refractivity (Wildman–Crippen MR) is 122 cm³/mol. The van der Waals surface area contributed by atoms with E-state index in [2.05, 4.69) is 51.8 Å². The quantitative estimate of drug-likeness (QED) is 0.478. The number of benzene rings is 2. The summed E-state index contributed by atoms with van der Waals surface area (Å²) in [5.41, 5.74) is 6.70. The summed E-state index contributed by atoms with van der Waals surface area (Å²) in [5.74, 6) is 0.199. The van der Waals surface area contributed by atoms with Crippen molar-refractivity contribution in [3.63, 3.8) is 0 Å². The van der Waals surface area contributed by atoms with Crippen molar-refractivity contribution in [2.75, 3.05) is 44.2 Å². The van der Waals surface area contributed by atoms with Crippen LogP contribution in [-0.4, -0.2) is 56.0 Å². The van der Waals surface area contributed by atoms with E-state index in [0.717, 1.165) is 44.8 Å². The summed E-state index contributed by atoms with van der Waals surface area (Å²) in [7, 11) is 0. The minimum absolute atomic E-state index is 0.196. The molecule has 0 bridgehead atoms. The lowest BCUT2D eigenvalue weighted by molar-refractivity contribution is -0.122. The van der Waals surface area contributed by atoms with Crippen molar-refractivity contribution in [1.82, 2.24) is 15.8 Å². The number of carbonyl (C=O) groups is 2. The molecule has 7 heteroatoms. The van der Waals surface area contributed by atoms with Gasteiger partial charge in [-0.1, -0.05) is 31.5 Å². The summed E-state index contributed by atoms with van der Waals surface area (Å²) < 4.78 is 5.59. The average molecular weight is 425 g/mol. The fourth-order valence-electron chi connectivity index (χ4n) is 3.43. The Hall–Kier alpha value is -3.06. The van der Waals surface area contributed by atoms with E-state index in [-0.39, 0.29) is 11.8 Å². The van der Waals surface area contributed by atoms with Gasteiger partial charge in [-0.3, -0.25) is 25.3 Å². The van der Waals surface area contributed by atoms with Crippen LogP contribution in [0.5, 0.6) is 5.75 Å². The molecule has 3 rings (SSSR count). The van der Waals surface area contributed by atoms with Gasteiger partial charge in [0.05, 0.1) is 6.61 Å². The van der Waals surface area contributed by atoms with Crippen molar-refractivity contribution in [2.45, 2.75) is 26.2 Å². The number of piperazine rings is 1. The highest BCUT2D eigenvalue weighted by atomic mass is 16.5. The molecule has 1 heterocycles. The molecule has 1 aliphatic heterocycles. The van der Waals surface area contributed by atoms with Gasteiger partial charge >= 0.3 is 0 Å². The van der Waals surface area contributed by atoms with Crippen LogP contribution in [0, 0.1) is 0 Å². The molecule has 166 valence electrons. The van der Waals surface area contributed by atoms with Gasteiger partial charge in [0.2, 0.25) is 5.91 Å². The number of ether oxygens (including phenoxy) is 1. The van der Waals surface area contributed by atoms with Crippen LogP contribution in [0.3, 0.4) is 0 Å². The van der Waals surface area contributed by atoms with Crippen molar-refractivity contribution in [2.24, 2.45) is 0 Å². The van der Waals surface area contributed by atoms with Crippen molar-refractivity contribution in [1.29, 1.82) is 0 Å². The fraction of sp³-hybridized carbons (Fsp3) is 0.417. The van der Waals surface area contributed by atoms with Gasteiger partial charge in [0.1, 0.15) is 5.75 Å². The average Bonchev–Trinajstić information content (AvgIpc) is 2.82. The van der Waals surface area contributed by atoms with E-state index in [1.165, 1.54) is 5.69 Å². The topological polar surface area (TPSA) is 73.9 Å². The molecule has 0 atom stereocenters. The van der Waals surface area contributed by atoms with E-state index in [1.807, 2.05) is 6.07 Å². The number of para-hydroxylation sites is 1. The lowest BCUT2D eigenvalue weighted by atomic mass is 10.2. The van der Waals surface area contributed by atoms with Gasteiger partial charge in [-0.05, 0) is 42.8 Å². The van der Waals surface area contributed by atoms with E-state index in [4.69, 9.17) is 4.74 Å². The van der Waals surface area contributed by atoms with Gasteiger partial charge in [0, 0.05) is 50.4 Å². The first-order chi connectivity index (χ1) is 15.2. The lowest BCUT2D eigenvalue weighted by Crippen LogP contribution is -2.48. The normalized spacial score (nSPS) is 14.2. The first kappa shape index (κ1) is 22.6. The number of hydrogen-bond donors (Lipinski definition) is 2. The maximum Gasteiger partial charge on any atom is 0.269 e. The van der Waals surface area contributed by atoms with E-state index in [0.29, 0.717) is 25.1 Å². The van der Waals surface area contributed by atoms with Crippen LogP contribution in [-0.2, 0) is 4.79 Å². The molecule has 0 aliphatic carbocycles. The number of carbonyl (C=O) groups excluding carboxylic acids is 2. The smallest absolute Gasteiger partial charge is 0.269 e. The largest absolute Gasteiger partial charge is 0.494 e. The van der Waals surface area contributed by atoms with E-state index in [9.17, 15) is 9.59 Å². The molecular formula is C24H32N4O3. The summed E-state index contributed by atoms with van der Waals surface area (Å²) in [6, 6.07) is 17.3. The molecular weight excluding hydrogens is 392 g/mol. The number of amides is 2. The third-order valence-corrected chi connectivity index (χ3v) is 5.35. The van der Waals surface area contributed by atoms with Crippen molar-refractivity contribution < 1.29 is 14.3 Å². The van der Waals surface area contributed by atoms with Gasteiger partial charge in [0.25, 0.3) is 5.91 Å². The second kappa shape index (κ2) is 12.0. The molecule has 0 radical (unpaired) electrons. The van der Waals surface area contributed by atoms with Crippen LogP contribution in [0.25, 0.3) is 0 Å². The standard InChI is InChI=1S/C24H32N4O3/c1-2-3-19-31-22-11-9-20(10-12-22)24(30)26-25-23(29)13-14-27-15-17-28(18-16-27)21-7-5-4-6-8-21/h4-12H,2-3,13-19H2,1H3,(H,25,29)(H,26,30). The Balaban J connectivity index is 1.32. The zero-order valence-electron chi connectivity index (χ0n) is 18.2. The zero-order valence-corrected chi connectivity index (χ0v) is 18.2. The van der Waals surface area contributed by atoms with Crippen LogP contribution in [0.2, 0.25) is 0 Å². The van der Waals surface area contributed by atoms with Crippen LogP contribution < -0.4 is 20.5 Å². The minimum Gasteiger partial charge on any atom is -0.494 e. The van der Waals surface area contributed by atoms with Crippen molar-refractivity contribution in [3.05, 3.63) is 60.2 Å². The molecule has 2 aromatic rings. The van der Waals surface area contributed by atoms with Crippen molar-refractivity contribution in [3.8, 4) is 5.75 Å². The number of nitrogens with one attached hydrogen (secondary N) is 2. The maximum absolute atomic E-state index is 12.2. The highest BCUT2D eigenvalue weighted by Crippen LogP contribution is 2.15. The molecule has 2 amide bonds. The molecule has 0 spiro atoms. The molecule has 2 N–H and O–H groups in total. The molecule has 1 aliphatic rings. The maximum atomic E-state index is 12.2. The summed E-state index contributed by atoms with van der Waals surface area (Å²) in [5, 5.41) is 0. The number of unbranched alkanes of at least 4 members (excludes halogenated alkanes) is 1.